The summed E-state index contributed by atoms with van der Waals surface area (Å²) in [7, 11) is 1.61. The number of hydrogen-bond acceptors (Lipinski definition) is 4. The molecule has 1 aliphatic heterocycles. The van der Waals surface area contributed by atoms with Gasteiger partial charge in [0.2, 0.25) is 0 Å². The van der Waals surface area contributed by atoms with Crippen LogP contribution in [0.4, 0.5) is 21.9 Å². The standard InChI is InChI=1S/C28H27N3O3/c1-18-14-16-19(17-15-18)29-28(33)31-23-11-5-4-9-21(23)30-22-10-7-12-24(32)26(22)27(31)20-8-3-6-13-25(20)34-2/h3-6,8-9,11,13-17,27,30H,7,10,12H2,1-2H3,(H,29,33)/t27-/m1/s1. The topological polar surface area (TPSA) is 70.7 Å². The van der Waals surface area contributed by atoms with Crippen LogP contribution in [0.1, 0.15) is 36.4 Å². The number of Topliss-reactive ketones (excluding diaryl/α,β-unsaturated/α-hetero) is 1. The molecule has 2 amide bonds. The van der Waals surface area contributed by atoms with E-state index >= 15 is 0 Å². The number of hydrogen-bond donors (Lipinski definition) is 2. The monoisotopic (exact) mass is 453 g/mol. The van der Waals surface area contributed by atoms with E-state index < -0.39 is 6.04 Å². The predicted octanol–water partition coefficient (Wildman–Crippen LogP) is 6.22. The van der Waals surface area contributed by atoms with Gasteiger partial charge in [0.05, 0.1) is 24.5 Å². The molecule has 0 radical (unpaired) electrons. The third-order valence-corrected chi connectivity index (χ3v) is 6.39. The summed E-state index contributed by atoms with van der Waals surface area (Å²) in [5.74, 6) is 0.677. The Kier molecular flexibility index (Phi) is 5.80. The molecule has 1 atom stereocenters. The Morgan fingerprint density at radius 3 is 2.53 bits per heavy atom. The summed E-state index contributed by atoms with van der Waals surface area (Å²) in [5, 5.41) is 6.52. The molecule has 1 aliphatic carbocycles. The molecule has 6 heteroatoms. The number of ether oxygens (including phenoxy) is 1. The molecule has 2 aliphatic rings. The third-order valence-electron chi connectivity index (χ3n) is 6.39. The van der Waals surface area contributed by atoms with Crippen molar-refractivity contribution >= 4 is 28.9 Å². The number of benzene rings is 3. The molecule has 1 heterocycles. The fourth-order valence-corrected chi connectivity index (χ4v) is 4.77. The number of carbonyl (C=O) groups is 2. The van der Waals surface area contributed by atoms with Gasteiger partial charge < -0.3 is 15.4 Å². The van der Waals surface area contributed by atoms with Crippen LogP contribution >= 0.6 is 0 Å². The Labute approximate surface area is 199 Å². The molecular weight excluding hydrogens is 426 g/mol. The van der Waals surface area contributed by atoms with Crippen LogP contribution in [0.25, 0.3) is 0 Å². The molecule has 5 rings (SSSR count). The number of rotatable bonds is 3. The maximum absolute atomic E-state index is 13.9. The SMILES string of the molecule is COc1ccccc1[C@@H]1C2=C(CCCC2=O)Nc2ccccc2N1C(=O)Nc1ccc(C)cc1. The Balaban J connectivity index is 1.72. The van der Waals surface area contributed by atoms with Crippen molar-refractivity contribution in [3.63, 3.8) is 0 Å². The minimum atomic E-state index is -0.638. The van der Waals surface area contributed by atoms with Crippen molar-refractivity contribution in [3.05, 3.63) is 95.2 Å². The van der Waals surface area contributed by atoms with Crippen molar-refractivity contribution in [3.8, 4) is 5.75 Å². The molecule has 0 saturated carbocycles. The first-order valence-electron chi connectivity index (χ1n) is 11.5. The fourth-order valence-electron chi connectivity index (χ4n) is 4.77. The Morgan fingerprint density at radius 1 is 1.00 bits per heavy atom. The molecule has 3 aromatic rings. The van der Waals surface area contributed by atoms with Crippen molar-refractivity contribution < 1.29 is 14.3 Å². The van der Waals surface area contributed by atoms with Gasteiger partial charge in [0, 0.05) is 28.9 Å². The van der Waals surface area contributed by atoms with Gasteiger partial charge in [-0.05, 0) is 50.1 Å². The highest BCUT2D eigenvalue weighted by molar-refractivity contribution is 6.09. The Hall–Kier alpha value is -4.06. The fraction of sp³-hybridized carbons (Fsp3) is 0.214. The highest BCUT2D eigenvalue weighted by Crippen LogP contribution is 2.46. The first-order valence-corrected chi connectivity index (χ1v) is 11.5. The summed E-state index contributed by atoms with van der Waals surface area (Å²) >= 11 is 0. The lowest BCUT2D eigenvalue weighted by molar-refractivity contribution is -0.116. The minimum absolute atomic E-state index is 0.0469. The van der Waals surface area contributed by atoms with E-state index in [1.807, 2.05) is 79.7 Å². The van der Waals surface area contributed by atoms with Crippen molar-refractivity contribution in [2.75, 3.05) is 22.6 Å². The van der Waals surface area contributed by atoms with Gasteiger partial charge in [-0.15, -0.1) is 0 Å². The van der Waals surface area contributed by atoms with E-state index in [9.17, 15) is 9.59 Å². The van der Waals surface area contributed by atoms with Crippen LogP contribution in [0.2, 0.25) is 0 Å². The molecule has 6 nitrogen and oxygen atoms in total. The number of ketones is 1. The van der Waals surface area contributed by atoms with E-state index in [0.29, 0.717) is 29.1 Å². The highest BCUT2D eigenvalue weighted by atomic mass is 16.5. The molecule has 34 heavy (non-hydrogen) atoms. The molecule has 2 N–H and O–H groups in total. The smallest absolute Gasteiger partial charge is 0.327 e. The number of nitrogens with one attached hydrogen (secondary N) is 2. The van der Waals surface area contributed by atoms with Gasteiger partial charge in [0.15, 0.2) is 5.78 Å². The van der Waals surface area contributed by atoms with Crippen LogP contribution in [0.15, 0.2) is 84.1 Å². The van der Waals surface area contributed by atoms with Crippen molar-refractivity contribution in [2.45, 2.75) is 32.2 Å². The van der Waals surface area contributed by atoms with E-state index in [4.69, 9.17) is 4.74 Å². The quantitative estimate of drug-likeness (QED) is 0.494. The second-order valence-electron chi connectivity index (χ2n) is 8.62. The molecule has 0 fully saturated rings. The molecule has 0 unspecified atom stereocenters. The van der Waals surface area contributed by atoms with Crippen molar-refractivity contribution in [2.24, 2.45) is 0 Å². The second-order valence-corrected chi connectivity index (χ2v) is 8.62. The zero-order valence-corrected chi connectivity index (χ0v) is 19.3. The van der Waals surface area contributed by atoms with Gasteiger partial charge in [-0.3, -0.25) is 9.69 Å². The van der Waals surface area contributed by atoms with Gasteiger partial charge in [-0.25, -0.2) is 4.79 Å². The molecule has 172 valence electrons. The van der Waals surface area contributed by atoms with Crippen molar-refractivity contribution in [1.82, 2.24) is 0 Å². The first kappa shape index (κ1) is 21.8. The van der Waals surface area contributed by atoms with E-state index in [1.54, 1.807) is 12.0 Å². The number of aryl methyl sites for hydroxylation is 1. The predicted molar refractivity (Wildman–Crippen MR) is 134 cm³/mol. The van der Waals surface area contributed by atoms with E-state index in [-0.39, 0.29) is 11.8 Å². The lowest BCUT2D eigenvalue weighted by atomic mass is 9.85. The number of nitrogens with zero attached hydrogens (tertiary/aromatic N) is 1. The minimum Gasteiger partial charge on any atom is -0.496 e. The zero-order chi connectivity index (χ0) is 23.7. The van der Waals surface area contributed by atoms with Gasteiger partial charge >= 0.3 is 6.03 Å². The summed E-state index contributed by atoms with van der Waals surface area (Å²) in [6.07, 6.45) is 1.98. The summed E-state index contributed by atoms with van der Waals surface area (Å²) in [6, 6.07) is 22.0. The Bertz CT molecular complexity index is 1280. The van der Waals surface area contributed by atoms with Gasteiger partial charge in [-0.1, -0.05) is 48.0 Å². The normalized spacial score (nSPS) is 17.3. The summed E-state index contributed by atoms with van der Waals surface area (Å²) in [4.78, 5) is 29.0. The number of anilines is 3. The number of methoxy groups -OCH3 is 1. The lowest BCUT2D eigenvalue weighted by Gasteiger charge is -2.34. The largest absolute Gasteiger partial charge is 0.496 e. The Morgan fingerprint density at radius 2 is 1.74 bits per heavy atom. The first-order chi connectivity index (χ1) is 16.6. The maximum Gasteiger partial charge on any atom is 0.327 e. The van der Waals surface area contributed by atoms with Crippen molar-refractivity contribution in [1.29, 1.82) is 0 Å². The lowest BCUT2D eigenvalue weighted by Crippen LogP contribution is -2.40. The average molecular weight is 454 g/mol. The maximum atomic E-state index is 13.9. The number of urea groups is 1. The summed E-state index contributed by atoms with van der Waals surface area (Å²) < 4.78 is 5.69. The molecule has 0 spiro atoms. The van der Waals surface area contributed by atoms with Gasteiger partial charge in [-0.2, -0.15) is 0 Å². The second kappa shape index (κ2) is 9.06. The van der Waals surface area contributed by atoms with Gasteiger partial charge in [0.1, 0.15) is 5.75 Å². The van der Waals surface area contributed by atoms with Crippen LogP contribution in [0.3, 0.4) is 0 Å². The highest BCUT2D eigenvalue weighted by Gasteiger charge is 2.40. The molecule has 3 aromatic carbocycles. The molecular formula is C28H27N3O3. The van der Waals surface area contributed by atoms with Crippen LogP contribution in [-0.2, 0) is 4.79 Å². The van der Waals surface area contributed by atoms with Crippen LogP contribution in [0.5, 0.6) is 5.75 Å². The third kappa shape index (κ3) is 3.92. The number of carbonyl (C=O) groups excluding carboxylic acids is 2. The van der Waals surface area contributed by atoms with Crippen LogP contribution < -0.4 is 20.3 Å². The molecule has 0 aromatic heterocycles. The number of allylic oxidation sites excluding steroid dienone is 1. The average Bonchev–Trinajstić information content (AvgIpc) is 3.00. The summed E-state index contributed by atoms with van der Waals surface area (Å²) in [5.41, 5.74) is 5.54. The molecule has 0 bridgehead atoms. The number of para-hydroxylation sites is 3. The van der Waals surface area contributed by atoms with E-state index in [2.05, 4.69) is 10.6 Å². The number of fused-ring (bicyclic) bond motifs is 1. The number of amides is 2. The van der Waals surface area contributed by atoms with E-state index in [0.717, 1.165) is 35.4 Å². The summed E-state index contributed by atoms with van der Waals surface area (Å²) in [6.45, 7) is 2.00. The van der Waals surface area contributed by atoms with Crippen LogP contribution in [0, 0.1) is 6.92 Å². The molecule has 0 saturated heterocycles. The van der Waals surface area contributed by atoms with Crippen LogP contribution in [-0.4, -0.2) is 18.9 Å². The zero-order valence-electron chi connectivity index (χ0n) is 19.3. The van der Waals surface area contributed by atoms with E-state index in [1.165, 1.54) is 0 Å². The van der Waals surface area contributed by atoms with Gasteiger partial charge in [0.25, 0.3) is 0 Å².